The van der Waals surface area contributed by atoms with Crippen LogP contribution >= 0.6 is 0 Å². The normalized spacial score (nSPS) is 21.6. The van der Waals surface area contributed by atoms with Crippen LogP contribution in [0.3, 0.4) is 0 Å². The van der Waals surface area contributed by atoms with Crippen molar-refractivity contribution < 1.29 is 9.63 Å². The Hall–Kier alpha value is -2.11. The second-order valence-corrected chi connectivity index (χ2v) is 6.21. The predicted octanol–water partition coefficient (Wildman–Crippen LogP) is 1.19. The minimum Gasteiger partial charge on any atom is -0.392 e. The summed E-state index contributed by atoms with van der Waals surface area (Å²) < 4.78 is 5.66. The van der Waals surface area contributed by atoms with E-state index in [1.54, 1.807) is 0 Å². The van der Waals surface area contributed by atoms with Crippen LogP contribution in [-0.4, -0.2) is 37.3 Å². The third-order valence-corrected chi connectivity index (χ3v) is 4.79. The van der Waals surface area contributed by atoms with E-state index < -0.39 is 0 Å². The number of piperidine rings is 1. The van der Waals surface area contributed by atoms with Crippen molar-refractivity contribution in [1.82, 2.24) is 10.5 Å². The number of rotatable bonds is 2. The Bertz CT molecular complexity index is 841. The molecule has 0 spiro atoms. The van der Waals surface area contributed by atoms with Crippen LogP contribution in [-0.2, 0) is 0 Å². The first kappa shape index (κ1) is 14.5. The van der Waals surface area contributed by atoms with Crippen molar-refractivity contribution in [2.45, 2.75) is 18.4 Å². The van der Waals surface area contributed by atoms with Crippen LogP contribution in [0.5, 0.6) is 0 Å². The lowest BCUT2D eigenvalue weighted by Crippen LogP contribution is -2.39. The Morgan fingerprint density at radius 3 is 2.87 bits per heavy atom. The lowest BCUT2D eigenvalue weighted by atomic mass is 9.82. The van der Waals surface area contributed by atoms with Gasteiger partial charge in [-0.2, -0.15) is 0 Å². The molecule has 0 amide bonds. The Kier molecular flexibility index (Phi) is 3.67. The van der Waals surface area contributed by atoms with Crippen LogP contribution in [0, 0.1) is 0 Å². The molecule has 2 aromatic carbocycles. The molecule has 0 radical (unpaired) electrons. The number of hydrogen-bond donors (Lipinski definition) is 2. The van der Waals surface area contributed by atoms with Crippen LogP contribution < -0.4 is 10.8 Å². The maximum atomic E-state index is 10.3. The highest BCUT2D eigenvalue weighted by Crippen LogP contribution is 2.29. The molecule has 1 aromatic heterocycles. The average Bonchev–Trinajstić information content (AvgIpc) is 2.96. The van der Waals surface area contributed by atoms with E-state index in [0.717, 1.165) is 42.0 Å². The molecular formula is C18H19BN2O2. The molecule has 0 unspecified atom stereocenters. The molecule has 0 aliphatic carbocycles. The first-order valence-corrected chi connectivity index (χ1v) is 8.09. The van der Waals surface area contributed by atoms with Gasteiger partial charge in [0.1, 0.15) is 19.3 Å². The summed E-state index contributed by atoms with van der Waals surface area (Å²) in [5.74, 6) is 0.771. The van der Waals surface area contributed by atoms with Crippen LogP contribution in [0.1, 0.15) is 18.1 Å². The Morgan fingerprint density at radius 2 is 2.00 bits per heavy atom. The minimum atomic E-state index is -0.372. The van der Waals surface area contributed by atoms with Gasteiger partial charge in [-0.3, -0.25) is 0 Å². The predicted molar refractivity (Wildman–Crippen MR) is 93.9 cm³/mol. The maximum Gasteiger partial charge on any atom is 0.147 e. The topological polar surface area (TPSA) is 58.3 Å². The van der Waals surface area contributed by atoms with Gasteiger partial charge in [0.25, 0.3) is 0 Å². The van der Waals surface area contributed by atoms with Gasteiger partial charge in [0.15, 0.2) is 0 Å². The molecule has 2 heterocycles. The molecule has 1 fully saturated rings. The number of nitrogens with one attached hydrogen (secondary N) is 1. The van der Waals surface area contributed by atoms with Crippen LogP contribution in [0.25, 0.3) is 22.0 Å². The molecular weight excluding hydrogens is 287 g/mol. The fourth-order valence-electron chi connectivity index (χ4n) is 3.49. The van der Waals surface area contributed by atoms with Gasteiger partial charge in [0.05, 0.1) is 12.0 Å². The van der Waals surface area contributed by atoms with E-state index in [1.165, 1.54) is 10.8 Å². The fraction of sp³-hybridized carbons (Fsp3) is 0.278. The number of nitrogens with zero attached hydrogens (tertiary/aromatic N) is 1. The van der Waals surface area contributed by atoms with Crippen molar-refractivity contribution >= 4 is 24.1 Å². The molecule has 1 aliphatic rings. The molecule has 2 N–H and O–H groups in total. The summed E-state index contributed by atoms with van der Waals surface area (Å²) in [4.78, 5) is 0. The zero-order chi connectivity index (χ0) is 15.8. The fourth-order valence-corrected chi connectivity index (χ4v) is 3.49. The minimum absolute atomic E-state index is 0.0278. The molecule has 23 heavy (non-hydrogen) atoms. The summed E-state index contributed by atoms with van der Waals surface area (Å²) >= 11 is 0. The second-order valence-electron chi connectivity index (χ2n) is 6.21. The molecule has 3 aromatic rings. The number of hydrogen-bond acceptors (Lipinski definition) is 4. The molecule has 4 nitrogen and oxygen atoms in total. The standard InChI is InChI=1S/C18H19BN2O2/c19-16-17(13-7-3-5-11-4-1-2-6-12(11)13)21-23-18(16)14-10-20-9-8-15(14)22/h1-7,14-15,20,22H,8-10,19H2/t14-,15+/m0/s1. The van der Waals surface area contributed by atoms with Crippen molar-refractivity contribution in [1.29, 1.82) is 0 Å². The monoisotopic (exact) mass is 306 g/mol. The van der Waals surface area contributed by atoms with Gasteiger partial charge in [-0.1, -0.05) is 47.6 Å². The molecule has 5 heteroatoms. The van der Waals surface area contributed by atoms with Gasteiger partial charge in [-0.05, 0) is 29.2 Å². The van der Waals surface area contributed by atoms with E-state index in [9.17, 15) is 5.11 Å². The summed E-state index contributed by atoms with van der Waals surface area (Å²) in [6.45, 7) is 1.58. The second kappa shape index (κ2) is 5.83. The first-order chi connectivity index (χ1) is 11.3. The van der Waals surface area contributed by atoms with Crippen molar-refractivity contribution in [3.05, 3.63) is 48.2 Å². The highest BCUT2D eigenvalue weighted by atomic mass is 16.5. The number of benzene rings is 2. The van der Waals surface area contributed by atoms with Crippen LogP contribution in [0.2, 0.25) is 0 Å². The van der Waals surface area contributed by atoms with E-state index in [0.29, 0.717) is 0 Å². The number of aromatic nitrogens is 1. The van der Waals surface area contributed by atoms with Crippen LogP contribution in [0.4, 0.5) is 0 Å². The van der Waals surface area contributed by atoms with Gasteiger partial charge >= 0.3 is 0 Å². The van der Waals surface area contributed by atoms with Crippen molar-refractivity contribution in [3.63, 3.8) is 0 Å². The number of aliphatic hydroxyl groups excluding tert-OH is 1. The van der Waals surface area contributed by atoms with E-state index in [1.807, 2.05) is 26.0 Å². The van der Waals surface area contributed by atoms with Gasteiger partial charge in [0, 0.05) is 12.1 Å². The van der Waals surface area contributed by atoms with Crippen molar-refractivity contribution in [2.75, 3.05) is 13.1 Å². The quantitative estimate of drug-likeness (QED) is 0.698. The molecule has 0 saturated carbocycles. The van der Waals surface area contributed by atoms with Crippen molar-refractivity contribution in [2.24, 2.45) is 0 Å². The smallest absolute Gasteiger partial charge is 0.147 e. The lowest BCUT2D eigenvalue weighted by molar-refractivity contribution is 0.102. The van der Waals surface area contributed by atoms with E-state index in [-0.39, 0.29) is 12.0 Å². The largest absolute Gasteiger partial charge is 0.392 e. The lowest BCUT2D eigenvalue weighted by Gasteiger charge is -2.26. The zero-order valence-corrected chi connectivity index (χ0v) is 13.1. The zero-order valence-electron chi connectivity index (χ0n) is 13.1. The van der Waals surface area contributed by atoms with Gasteiger partial charge in [-0.25, -0.2) is 0 Å². The van der Waals surface area contributed by atoms with Crippen LogP contribution in [0.15, 0.2) is 47.0 Å². The SMILES string of the molecule is Bc1c(-c2cccc3ccccc23)noc1[C@H]1CNCC[C@H]1O. The third kappa shape index (κ3) is 2.46. The molecule has 4 rings (SSSR count). The highest BCUT2D eigenvalue weighted by Gasteiger charge is 2.30. The first-order valence-electron chi connectivity index (χ1n) is 8.09. The summed E-state index contributed by atoms with van der Waals surface area (Å²) in [7, 11) is 2.03. The average molecular weight is 306 g/mol. The van der Waals surface area contributed by atoms with Crippen molar-refractivity contribution in [3.8, 4) is 11.3 Å². The van der Waals surface area contributed by atoms with Gasteiger partial charge in [0.2, 0.25) is 0 Å². The van der Waals surface area contributed by atoms with E-state index in [4.69, 9.17) is 4.52 Å². The molecule has 116 valence electrons. The Labute approximate surface area is 135 Å². The number of aliphatic hydroxyl groups is 1. The number of fused-ring (bicyclic) bond motifs is 1. The van der Waals surface area contributed by atoms with E-state index >= 15 is 0 Å². The molecule has 1 aliphatic heterocycles. The Morgan fingerprint density at radius 1 is 1.17 bits per heavy atom. The van der Waals surface area contributed by atoms with Gasteiger partial charge < -0.3 is 14.9 Å². The summed E-state index contributed by atoms with van der Waals surface area (Å²) in [5.41, 5.74) is 2.97. The summed E-state index contributed by atoms with van der Waals surface area (Å²) in [6.07, 6.45) is 0.372. The molecule has 1 saturated heterocycles. The summed E-state index contributed by atoms with van der Waals surface area (Å²) in [5, 5.41) is 20.3. The Balaban J connectivity index is 1.81. The summed E-state index contributed by atoms with van der Waals surface area (Å²) in [6, 6.07) is 14.5. The molecule has 2 atom stereocenters. The molecule has 0 bridgehead atoms. The maximum absolute atomic E-state index is 10.3. The highest BCUT2D eigenvalue weighted by molar-refractivity contribution is 6.36. The third-order valence-electron chi connectivity index (χ3n) is 4.79. The van der Waals surface area contributed by atoms with Gasteiger partial charge in [-0.15, -0.1) is 0 Å². The van der Waals surface area contributed by atoms with E-state index in [2.05, 4.69) is 34.7 Å².